The number of carbonyl (C=O) groups is 1. The van der Waals surface area contributed by atoms with Crippen LogP contribution in [-0.2, 0) is 19.4 Å². The standard InChI is InChI=1S/C25H26N4O2S/c1-2-3-6-14-28-23(31)20-10-4-5-11-21(20)29-24(28)26-27-25(29)32-16-22(30)19-13-12-17-8-7-9-18(17)15-19/h4-5,10-13,15H,2-3,6-9,14,16H2,1H3. The normalized spacial score (nSPS) is 13.2. The number of unbranched alkanes of at least 4 members (excludes halogenated alkanes) is 2. The van der Waals surface area contributed by atoms with E-state index in [0.717, 1.165) is 43.2 Å². The van der Waals surface area contributed by atoms with Gasteiger partial charge in [-0.1, -0.05) is 55.8 Å². The third kappa shape index (κ3) is 3.75. The summed E-state index contributed by atoms with van der Waals surface area (Å²) >= 11 is 1.37. The van der Waals surface area contributed by atoms with Gasteiger partial charge in [0, 0.05) is 12.1 Å². The van der Waals surface area contributed by atoms with Gasteiger partial charge < -0.3 is 0 Å². The molecule has 0 atom stereocenters. The minimum Gasteiger partial charge on any atom is -0.293 e. The van der Waals surface area contributed by atoms with Gasteiger partial charge in [0.05, 0.1) is 16.7 Å². The van der Waals surface area contributed by atoms with Crippen molar-refractivity contribution < 1.29 is 4.79 Å². The molecule has 0 spiro atoms. The molecule has 2 heterocycles. The summed E-state index contributed by atoms with van der Waals surface area (Å²) in [6.07, 6.45) is 6.38. The van der Waals surface area contributed by atoms with Crippen molar-refractivity contribution in [3.8, 4) is 0 Å². The molecule has 164 valence electrons. The number of hydrogen-bond donors (Lipinski definition) is 0. The summed E-state index contributed by atoms with van der Waals surface area (Å²) < 4.78 is 3.64. The minimum absolute atomic E-state index is 0.0395. The van der Waals surface area contributed by atoms with E-state index >= 15 is 0 Å². The molecule has 0 saturated heterocycles. The summed E-state index contributed by atoms with van der Waals surface area (Å²) in [6.45, 7) is 2.75. The van der Waals surface area contributed by atoms with E-state index in [0.29, 0.717) is 22.9 Å². The van der Waals surface area contributed by atoms with Crippen LogP contribution in [0.4, 0.5) is 0 Å². The van der Waals surface area contributed by atoms with Crippen LogP contribution in [0.25, 0.3) is 16.7 Å². The minimum atomic E-state index is -0.0395. The number of ketones is 1. The fourth-order valence-electron chi connectivity index (χ4n) is 4.51. The molecule has 0 fully saturated rings. The smallest absolute Gasteiger partial charge is 0.262 e. The van der Waals surface area contributed by atoms with Crippen LogP contribution in [0.2, 0.25) is 0 Å². The predicted octanol–water partition coefficient (Wildman–Crippen LogP) is 4.70. The molecule has 5 rings (SSSR count). The maximum Gasteiger partial charge on any atom is 0.262 e. The zero-order valence-corrected chi connectivity index (χ0v) is 19.0. The van der Waals surface area contributed by atoms with Gasteiger partial charge in [0.25, 0.3) is 5.56 Å². The lowest BCUT2D eigenvalue weighted by atomic mass is 10.0. The molecule has 1 aliphatic carbocycles. The van der Waals surface area contributed by atoms with Crippen molar-refractivity contribution in [2.24, 2.45) is 0 Å². The highest BCUT2D eigenvalue weighted by Gasteiger charge is 2.19. The second-order valence-corrected chi connectivity index (χ2v) is 9.29. The summed E-state index contributed by atoms with van der Waals surface area (Å²) in [5.74, 6) is 0.905. The molecule has 0 N–H and O–H groups in total. The van der Waals surface area contributed by atoms with Gasteiger partial charge in [0.2, 0.25) is 5.78 Å². The van der Waals surface area contributed by atoms with Crippen molar-refractivity contribution in [2.75, 3.05) is 5.75 Å². The van der Waals surface area contributed by atoms with Crippen molar-refractivity contribution in [3.63, 3.8) is 0 Å². The van der Waals surface area contributed by atoms with Gasteiger partial charge in [0.15, 0.2) is 10.9 Å². The number of aryl methyl sites for hydroxylation is 3. The van der Waals surface area contributed by atoms with Crippen molar-refractivity contribution >= 4 is 34.2 Å². The topological polar surface area (TPSA) is 69.3 Å². The predicted molar refractivity (Wildman–Crippen MR) is 128 cm³/mol. The second-order valence-electron chi connectivity index (χ2n) is 8.35. The number of aromatic nitrogens is 4. The van der Waals surface area contributed by atoms with E-state index in [1.165, 1.54) is 29.3 Å². The Morgan fingerprint density at radius 2 is 1.91 bits per heavy atom. The molecule has 32 heavy (non-hydrogen) atoms. The average Bonchev–Trinajstić information content (AvgIpc) is 3.46. The molecule has 0 saturated carbocycles. The summed E-state index contributed by atoms with van der Waals surface area (Å²) in [7, 11) is 0. The quantitative estimate of drug-likeness (QED) is 0.223. The Balaban J connectivity index is 1.48. The van der Waals surface area contributed by atoms with Gasteiger partial charge in [-0.25, -0.2) is 0 Å². The zero-order chi connectivity index (χ0) is 22.1. The fraction of sp³-hybridized carbons (Fsp3) is 0.360. The van der Waals surface area contributed by atoms with E-state index in [1.807, 2.05) is 40.8 Å². The zero-order valence-electron chi connectivity index (χ0n) is 18.2. The number of nitrogens with zero attached hydrogens (tertiary/aromatic N) is 4. The Morgan fingerprint density at radius 1 is 1.06 bits per heavy atom. The van der Waals surface area contributed by atoms with Crippen LogP contribution >= 0.6 is 11.8 Å². The molecule has 2 aromatic heterocycles. The van der Waals surface area contributed by atoms with Crippen molar-refractivity contribution in [1.82, 2.24) is 19.2 Å². The molecule has 0 bridgehead atoms. The Bertz CT molecular complexity index is 1370. The molecule has 0 amide bonds. The summed E-state index contributed by atoms with van der Waals surface area (Å²) in [5, 5.41) is 9.99. The first-order valence-corrected chi connectivity index (χ1v) is 12.3. The van der Waals surface area contributed by atoms with Gasteiger partial charge in [0.1, 0.15) is 0 Å². The first-order chi connectivity index (χ1) is 15.7. The largest absolute Gasteiger partial charge is 0.293 e. The van der Waals surface area contributed by atoms with Crippen molar-refractivity contribution in [3.05, 3.63) is 69.5 Å². The van der Waals surface area contributed by atoms with Crippen LogP contribution in [0.5, 0.6) is 0 Å². The van der Waals surface area contributed by atoms with E-state index in [2.05, 4.69) is 23.2 Å². The number of hydrogen-bond acceptors (Lipinski definition) is 5. The van der Waals surface area contributed by atoms with Crippen LogP contribution in [0, 0.1) is 0 Å². The molecular formula is C25H26N4O2S. The Labute approximate surface area is 190 Å². The second kappa shape index (κ2) is 8.90. The van der Waals surface area contributed by atoms with Crippen LogP contribution in [0.1, 0.15) is 54.1 Å². The number of thioether (sulfide) groups is 1. The molecule has 7 heteroatoms. The van der Waals surface area contributed by atoms with Crippen LogP contribution in [-0.4, -0.2) is 30.7 Å². The fourth-order valence-corrected chi connectivity index (χ4v) is 5.34. The molecule has 6 nitrogen and oxygen atoms in total. The number of Topliss-reactive ketones (excluding diaryl/α,β-unsaturated/α-hetero) is 1. The highest BCUT2D eigenvalue weighted by atomic mass is 32.2. The number of para-hydroxylation sites is 1. The molecule has 2 aromatic carbocycles. The Kier molecular flexibility index (Phi) is 5.83. The summed E-state index contributed by atoms with van der Waals surface area (Å²) in [6, 6.07) is 13.6. The Morgan fingerprint density at radius 3 is 2.78 bits per heavy atom. The number of fused-ring (bicyclic) bond motifs is 4. The molecular weight excluding hydrogens is 420 g/mol. The lowest BCUT2D eigenvalue weighted by molar-refractivity contribution is 0.102. The van der Waals surface area contributed by atoms with E-state index in [4.69, 9.17) is 0 Å². The third-order valence-electron chi connectivity index (χ3n) is 6.22. The lowest BCUT2D eigenvalue weighted by Crippen LogP contribution is -2.23. The molecule has 0 unspecified atom stereocenters. The summed E-state index contributed by atoms with van der Waals surface area (Å²) in [5.41, 5.74) is 4.16. The highest BCUT2D eigenvalue weighted by Crippen LogP contribution is 2.25. The first-order valence-electron chi connectivity index (χ1n) is 11.3. The van der Waals surface area contributed by atoms with Gasteiger partial charge in [-0.15, -0.1) is 10.2 Å². The SMILES string of the molecule is CCCCCn1c(=O)c2ccccc2n2c(SCC(=O)c3ccc4c(c3)CCC4)nnc12. The van der Waals surface area contributed by atoms with Gasteiger partial charge in [-0.05, 0) is 55.0 Å². The van der Waals surface area contributed by atoms with Crippen molar-refractivity contribution in [1.29, 1.82) is 0 Å². The first kappa shape index (κ1) is 20.9. The van der Waals surface area contributed by atoms with E-state index in [1.54, 1.807) is 4.57 Å². The number of rotatable bonds is 8. The van der Waals surface area contributed by atoms with Crippen LogP contribution in [0.3, 0.4) is 0 Å². The van der Waals surface area contributed by atoms with E-state index < -0.39 is 0 Å². The molecule has 0 aliphatic heterocycles. The third-order valence-corrected chi connectivity index (χ3v) is 7.15. The molecule has 1 aliphatic rings. The van der Waals surface area contributed by atoms with Crippen LogP contribution in [0.15, 0.2) is 52.4 Å². The van der Waals surface area contributed by atoms with Gasteiger partial charge in [-0.3, -0.25) is 18.6 Å². The number of benzene rings is 2. The molecule has 0 radical (unpaired) electrons. The van der Waals surface area contributed by atoms with Gasteiger partial charge >= 0.3 is 0 Å². The van der Waals surface area contributed by atoms with Crippen molar-refractivity contribution in [2.45, 2.75) is 57.1 Å². The maximum atomic E-state index is 13.1. The summed E-state index contributed by atoms with van der Waals surface area (Å²) in [4.78, 5) is 26.0. The number of carbonyl (C=O) groups excluding carboxylic acids is 1. The highest BCUT2D eigenvalue weighted by molar-refractivity contribution is 7.99. The van der Waals surface area contributed by atoms with E-state index in [9.17, 15) is 9.59 Å². The monoisotopic (exact) mass is 446 g/mol. The van der Waals surface area contributed by atoms with Gasteiger partial charge in [-0.2, -0.15) is 0 Å². The maximum absolute atomic E-state index is 13.1. The lowest BCUT2D eigenvalue weighted by Gasteiger charge is -2.11. The Hall–Kier alpha value is -2.93. The average molecular weight is 447 g/mol. The van der Waals surface area contributed by atoms with Crippen LogP contribution < -0.4 is 5.56 Å². The van der Waals surface area contributed by atoms with E-state index in [-0.39, 0.29) is 17.1 Å². The molecule has 4 aromatic rings.